The smallest absolute Gasteiger partial charge is 0.270 e. The Kier molecular flexibility index (Phi) is 8.86. The molecule has 192 valence electrons. The molecular weight excluding hydrogens is 543 g/mol. The van der Waals surface area contributed by atoms with Crippen LogP contribution in [0.1, 0.15) is 36.1 Å². The van der Waals surface area contributed by atoms with Gasteiger partial charge in [-0.1, -0.05) is 70.9 Å². The summed E-state index contributed by atoms with van der Waals surface area (Å²) < 4.78 is 6.79. The number of aryl methyl sites for hydroxylation is 2. The van der Waals surface area contributed by atoms with Crippen molar-refractivity contribution in [3.05, 3.63) is 91.8 Å². The van der Waals surface area contributed by atoms with Gasteiger partial charge in [-0.15, -0.1) is 0 Å². The number of hydrogen-bond donors (Lipinski definition) is 0. The van der Waals surface area contributed by atoms with Crippen molar-refractivity contribution in [1.29, 1.82) is 0 Å². The Morgan fingerprint density at radius 2 is 1.78 bits per heavy atom. The number of benzene rings is 3. The molecule has 3 aromatic carbocycles. The zero-order valence-electron chi connectivity index (χ0n) is 21.2. The molecule has 0 unspecified atom stereocenters. The van der Waals surface area contributed by atoms with Crippen LogP contribution in [0.5, 0.6) is 5.75 Å². The van der Waals surface area contributed by atoms with Gasteiger partial charge in [0.2, 0.25) is 0 Å². The van der Waals surface area contributed by atoms with Crippen LogP contribution in [0.4, 0.5) is 11.4 Å². The van der Waals surface area contributed by atoms with Gasteiger partial charge < -0.3 is 9.64 Å². The number of thioether (sulfide) groups is 1. The number of rotatable bonds is 8. The number of nitrogens with zero attached hydrogens (tertiary/aromatic N) is 2. The van der Waals surface area contributed by atoms with Crippen LogP contribution in [0, 0.1) is 13.8 Å². The van der Waals surface area contributed by atoms with Crippen molar-refractivity contribution in [2.45, 2.75) is 34.3 Å². The Labute approximate surface area is 238 Å². The summed E-state index contributed by atoms with van der Waals surface area (Å²) in [5.41, 5.74) is 5.61. The monoisotopic (exact) mass is 570 g/mol. The lowest BCUT2D eigenvalue weighted by Gasteiger charge is -2.22. The predicted octanol–water partition coefficient (Wildman–Crippen LogP) is 8.44. The first-order valence-corrected chi connectivity index (χ1v) is 14.0. The van der Waals surface area contributed by atoms with E-state index in [1.165, 1.54) is 11.8 Å². The van der Waals surface area contributed by atoms with Gasteiger partial charge in [0.05, 0.1) is 10.6 Å². The molecule has 4 rings (SSSR count). The van der Waals surface area contributed by atoms with Gasteiger partial charge in [-0.05, 0) is 69.7 Å². The lowest BCUT2D eigenvalue weighted by molar-refractivity contribution is -0.113. The molecule has 0 aromatic heterocycles. The molecule has 37 heavy (non-hydrogen) atoms. The Balaban J connectivity index is 1.68. The number of amides is 1. The number of carbonyl (C=O) groups excluding carboxylic acids is 1. The van der Waals surface area contributed by atoms with E-state index in [1.807, 2.05) is 56.3 Å². The molecule has 0 atom stereocenters. The first-order valence-electron chi connectivity index (χ1n) is 12.0. The molecule has 0 radical (unpaired) electrons. The van der Waals surface area contributed by atoms with Gasteiger partial charge in [0.15, 0.2) is 4.32 Å². The first-order chi connectivity index (χ1) is 17.7. The molecule has 0 bridgehead atoms. The highest BCUT2D eigenvalue weighted by atomic mass is 35.5. The van der Waals surface area contributed by atoms with Gasteiger partial charge in [-0.25, -0.2) is 0 Å². The highest BCUT2D eigenvalue weighted by Crippen LogP contribution is 2.39. The maximum Gasteiger partial charge on any atom is 0.270 e. The molecule has 1 aliphatic heterocycles. The van der Waals surface area contributed by atoms with Crippen molar-refractivity contribution in [2.75, 3.05) is 22.9 Å². The van der Waals surface area contributed by atoms with Crippen LogP contribution < -0.4 is 14.5 Å². The number of anilines is 2. The topological polar surface area (TPSA) is 32.8 Å². The predicted molar refractivity (Wildman–Crippen MR) is 162 cm³/mol. The fourth-order valence-electron chi connectivity index (χ4n) is 4.22. The maximum absolute atomic E-state index is 13.5. The molecule has 1 heterocycles. The van der Waals surface area contributed by atoms with Crippen molar-refractivity contribution < 1.29 is 9.53 Å². The van der Waals surface area contributed by atoms with Gasteiger partial charge >= 0.3 is 0 Å². The van der Waals surface area contributed by atoms with Crippen molar-refractivity contribution in [1.82, 2.24) is 0 Å². The Morgan fingerprint density at radius 3 is 2.46 bits per heavy atom. The Morgan fingerprint density at radius 1 is 1.03 bits per heavy atom. The van der Waals surface area contributed by atoms with E-state index in [0.717, 1.165) is 46.7 Å². The SMILES string of the molecule is CCN(CC)c1ccc(/C=C2\SC(=S)N(c3ccc(C)cc3C)C2=O)c(OCc2ccc(Cl)cc2Cl)c1. The van der Waals surface area contributed by atoms with E-state index in [0.29, 0.717) is 25.0 Å². The third kappa shape index (κ3) is 6.15. The average Bonchev–Trinajstić information content (AvgIpc) is 3.13. The van der Waals surface area contributed by atoms with Crippen LogP contribution in [0.3, 0.4) is 0 Å². The summed E-state index contributed by atoms with van der Waals surface area (Å²) >= 11 is 19.3. The van der Waals surface area contributed by atoms with Crippen LogP contribution in [-0.4, -0.2) is 23.3 Å². The summed E-state index contributed by atoms with van der Waals surface area (Å²) in [6.07, 6.45) is 1.85. The molecule has 0 spiro atoms. The van der Waals surface area contributed by atoms with E-state index in [4.69, 9.17) is 40.2 Å². The van der Waals surface area contributed by atoms with E-state index in [9.17, 15) is 4.79 Å². The minimum absolute atomic E-state index is 0.138. The molecule has 1 fully saturated rings. The normalized spacial score (nSPS) is 14.5. The van der Waals surface area contributed by atoms with Gasteiger partial charge in [0, 0.05) is 46.0 Å². The molecule has 1 aliphatic rings. The van der Waals surface area contributed by atoms with Crippen LogP contribution in [0.15, 0.2) is 59.5 Å². The van der Waals surface area contributed by atoms with E-state index in [-0.39, 0.29) is 12.5 Å². The molecule has 1 saturated heterocycles. The Hall–Kier alpha value is -2.51. The van der Waals surface area contributed by atoms with Crippen LogP contribution >= 0.6 is 47.2 Å². The van der Waals surface area contributed by atoms with Crippen molar-refractivity contribution in [3.8, 4) is 5.75 Å². The molecule has 8 heteroatoms. The summed E-state index contributed by atoms with van der Waals surface area (Å²) in [4.78, 5) is 17.9. The number of ether oxygens (including phenoxy) is 1. The van der Waals surface area contributed by atoms with Gasteiger partial charge in [-0.3, -0.25) is 9.69 Å². The van der Waals surface area contributed by atoms with Crippen molar-refractivity contribution in [3.63, 3.8) is 0 Å². The van der Waals surface area contributed by atoms with Gasteiger partial charge in [-0.2, -0.15) is 0 Å². The Bertz CT molecular complexity index is 1390. The van der Waals surface area contributed by atoms with Crippen LogP contribution in [0.25, 0.3) is 6.08 Å². The molecule has 0 N–H and O–H groups in total. The lowest BCUT2D eigenvalue weighted by atomic mass is 10.1. The zero-order chi connectivity index (χ0) is 26.7. The third-order valence-corrected chi connectivity index (χ3v) is 8.09. The zero-order valence-corrected chi connectivity index (χ0v) is 24.3. The minimum Gasteiger partial charge on any atom is -0.488 e. The summed E-state index contributed by atoms with van der Waals surface area (Å²) in [6, 6.07) is 17.4. The molecular formula is C29H28Cl2N2O2S2. The van der Waals surface area contributed by atoms with Crippen LogP contribution in [-0.2, 0) is 11.4 Å². The van der Waals surface area contributed by atoms with E-state index < -0.39 is 0 Å². The van der Waals surface area contributed by atoms with E-state index >= 15 is 0 Å². The second kappa shape index (κ2) is 11.9. The second-order valence-electron chi connectivity index (χ2n) is 8.73. The van der Waals surface area contributed by atoms with Crippen molar-refractivity contribution >= 4 is 74.9 Å². The highest BCUT2D eigenvalue weighted by Gasteiger charge is 2.34. The molecule has 0 saturated carbocycles. The van der Waals surface area contributed by atoms with Gasteiger partial charge in [0.25, 0.3) is 5.91 Å². The summed E-state index contributed by atoms with van der Waals surface area (Å²) in [5, 5.41) is 1.12. The standard InChI is InChI=1S/C29H28Cl2N2O2S2/c1-5-32(6-2)23-11-9-20(26(16-23)35-17-21-8-10-22(30)15-24(21)31)14-27-28(34)33(29(36)37-27)25-12-7-18(3)13-19(25)4/h7-16H,5-6,17H2,1-4H3/b27-14-. The van der Waals surface area contributed by atoms with Gasteiger partial charge in [0.1, 0.15) is 12.4 Å². The fourth-order valence-corrected chi connectivity index (χ4v) is 5.96. The number of halogens is 2. The molecule has 0 aliphatic carbocycles. The first kappa shape index (κ1) is 27.5. The van der Waals surface area contributed by atoms with Crippen LogP contribution in [0.2, 0.25) is 10.0 Å². The summed E-state index contributed by atoms with van der Waals surface area (Å²) in [5.74, 6) is 0.522. The maximum atomic E-state index is 13.5. The van der Waals surface area contributed by atoms with E-state index in [2.05, 4.69) is 24.8 Å². The minimum atomic E-state index is -0.138. The lowest BCUT2D eigenvalue weighted by Crippen LogP contribution is -2.28. The summed E-state index contributed by atoms with van der Waals surface area (Å²) in [6.45, 7) is 10.3. The number of hydrogen-bond acceptors (Lipinski definition) is 5. The summed E-state index contributed by atoms with van der Waals surface area (Å²) in [7, 11) is 0. The molecule has 1 amide bonds. The van der Waals surface area contributed by atoms with E-state index in [1.54, 1.807) is 17.0 Å². The number of thiocarbonyl (C=S) groups is 1. The largest absolute Gasteiger partial charge is 0.488 e. The quantitative estimate of drug-likeness (QED) is 0.200. The molecule has 3 aromatic rings. The highest BCUT2D eigenvalue weighted by molar-refractivity contribution is 8.27. The average molecular weight is 572 g/mol. The third-order valence-electron chi connectivity index (χ3n) is 6.20. The fraction of sp³-hybridized carbons (Fsp3) is 0.241. The second-order valence-corrected chi connectivity index (χ2v) is 11.2. The number of carbonyl (C=O) groups is 1. The van der Waals surface area contributed by atoms with Crippen molar-refractivity contribution in [2.24, 2.45) is 0 Å². The molecule has 4 nitrogen and oxygen atoms in total.